The smallest absolute Gasteiger partial charge is 0.308 e. The fraction of sp³-hybridized carbons (Fsp3) is 0.294. The summed E-state index contributed by atoms with van der Waals surface area (Å²) in [6.07, 6.45) is 0. The number of aliphatic carboxylic acids is 1. The van der Waals surface area contributed by atoms with Crippen LogP contribution >= 0.6 is 22.9 Å². The number of nitrogens with zero attached hydrogens (tertiary/aromatic N) is 1. The van der Waals surface area contributed by atoms with Gasteiger partial charge in [0.05, 0.1) is 10.8 Å². The summed E-state index contributed by atoms with van der Waals surface area (Å²) in [5.41, 5.74) is 1.01. The van der Waals surface area contributed by atoms with Gasteiger partial charge in [-0.1, -0.05) is 30.7 Å². The minimum Gasteiger partial charge on any atom is -0.481 e. The van der Waals surface area contributed by atoms with Gasteiger partial charge in [0.2, 0.25) is 0 Å². The van der Waals surface area contributed by atoms with E-state index in [1.807, 2.05) is 37.3 Å². The molecule has 1 aromatic carbocycles. The van der Waals surface area contributed by atoms with Crippen molar-refractivity contribution in [3.8, 4) is 10.4 Å². The molecule has 4 nitrogen and oxygen atoms in total. The lowest BCUT2D eigenvalue weighted by Crippen LogP contribution is -2.29. The first-order valence-electron chi connectivity index (χ1n) is 7.33. The summed E-state index contributed by atoms with van der Waals surface area (Å²) < 4.78 is 0. The highest BCUT2D eigenvalue weighted by atomic mass is 35.5. The number of carbonyl (C=O) groups is 2. The average Bonchev–Trinajstić information content (AvgIpc) is 3.14. The van der Waals surface area contributed by atoms with Crippen LogP contribution in [0.5, 0.6) is 0 Å². The zero-order valence-electron chi connectivity index (χ0n) is 12.5. The lowest BCUT2D eigenvalue weighted by atomic mass is 9.99. The van der Waals surface area contributed by atoms with Crippen LogP contribution in [0.25, 0.3) is 10.4 Å². The van der Waals surface area contributed by atoms with Gasteiger partial charge in [-0.3, -0.25) is 9.59 Å². The molecule has 0 bridgehead atoms. The van der Waals surface area contributed by atoms with E-state index in [2.05, 4.69) is 0 Å². The van der Waals surface area contributed by atoms with Gasteiger partial charge in [0.25, 0.3) is 5.91 Å². The number of thiophene rings is 1. The van der Waals surface area contributed by atoms with Crippen LogP contribution in [0.1, 0.15) is 16.6 Å². The highest BCUT2D eigenvalue weighted by Gasteiger charge is 2.37. The Balaban J connectivity index is 1.77. The Morgan fingerprint density at radius 1 is 1.17 bits per heavy atom. The maximum atomic E-state index is 12.6. The molecule has 0 saturated carbocycles. The van der Waals surface area contributed by atoms with Crippen LogP contribution in [-0.2, 0) is 4.79 Å². The standard InChI is InChI=1S/C17H16ClNO3S/c1-10-8-19(9-13(10)17(21)22)16(20)15-7-6-14(23-15)11-2-4-12(18)5-3-11/h2-7,10,13H,8-9H2,1H3,(H,21,22)/t10-,13-/m1/s1. The topological polar surface area (TPSA) is 57.6 Å². The van der Waals surface area contributed by atoms with Crippen LogP contribution in [0.4, 0.5) is 0 Å². The quantitative estimate of drug-likeness (QED) is 0.915. The molecule has 1 amide bonds. The molecule has 1 N–H and O–H groups in total. The van der Waals surface area contributed by atoms with Gasteiger partial charge in [0.1, 0.15) is 0 Å². The van der Waals surface area contributed by atoms with Gasteiger partial charge in [-0.15, -0.1) is 11.3 Å². The van der Waals surface area contributed by atoms with Gasteiger partial charge >= 0.3 is 5.97 Å². The molecule has 2 aromatic rings. The maximum absolute atomic E-state index is 12.6. The Morgan fingerprint density at radius 2 is 1.87 bits per heavy atom. The third-order valence-electron chi connectivity index (χ3n) is 4.16. The number of rotatable bonds is 3. The molecule has 1 fully saturated rings. The van der Waals surface area contributed by atoms with Crippen molar-refractivity contribution in [3.63, 3.8) is 0 Å². The van der Waals surface area contributed by atoms with E-state index in [1.165, 1.54) is 11.3 Å². The zero-order valence-corrected chi connectivity index (χ0v) is 14.1. The number of benzene rings is 1. The number of carboxylic acids is 1. The number of hydrogen-bond donors (Lipinski definition) is 1. The molecule has 120 valence electrons. The second kappa shape index (κ2) is 6.34. The number of carboxylic acid groups (broad SMARTS) is 1. The van der Waals surface area contributed by atoms with E-state index in [0.717, 1.165) is 10.4 Å². The molecule has 1 saturated heterocycles. The molecular formula is C17H16ClNO3S. The predicted octanol–water partition coefficient (Wildman–Crippen LogP) is 3.86. The van der Waals surface area contributed by atoms with Gasteiger partial charge in [0.15, 0.2) is 0 Å². The van der Waals surface area contributed by atoms with Gasteiger partial charge in [-0.2, -0.15) is 0 Å². The molecule has 1 aromatic heterocycles. The molecule has 0 spiro atoms. The molecule has 0 radical (unpaired) electrons. The lowest BCUT2D eigenvalue weighted by molar-refractivity contribution is -0.142. The van der Waals surface area contributed by atoms with Gasteiger partial charge in [0, 0.05) is 23.0 Å². The van der Waals surface area contributed by atoms with Crippen LogP contribution in [0.3, 0.4) is 0 Å². The van der Waals surface area contributed by atoms with Crippen LogP contribution in [0, 0.1) is 11.8 Å². The van der Waals surface area contributed by atoms with Crippen molar-refractivity contribution < 1.29 is 14.7 Å². The van der Waals surface area contributed by atoms with Gasteiger partial charge in [-0.05, 0) is 35.7 Å². The SMILES string of the molecule is C[C@@H]1CN(C(=O)c2ccc(-c3ccc(Cl)cc3)s2)C[C@H]1C(=O)O. The van der Waals surface area contributed by atoms with E-state index in [0.29, 0.717) is 16.4 Å². The number of halogens is 1. The maximum Gasteiger partial charge on any atom is 0.308 e. The summed E-state index contributed by atoms with van der Waals surface area (Å²) >= 11 is 7.30. The van der Waals surface area contributed by atoms with Crippen molar-refractivity contribution in [2.75, 3.05) is 13.1 Å². The van der Waals surface area contributed by atoms with Crippen molar-refractivity contribution >= 4 is 34.8 Å². The van der Waals surface area contributed by atoms with Crippen molar-refractivity contribution in [3.05, 3.63) is 46.3 Å². The highest BCUT2D eigenvalue weighted by Crippen LogP contribution is 2.31. The molecule has 2 heterocycles. The van der Waals surface area contributed by atoms with E-state index >= 15 is 0 Å². The zero-order chi connectivity index (χ0) is 16.6. The Bertz CT molecular complexity index is 741. The Kier molecular flexibility index (Phi) is 4.41. The monoisotopic (exact) mass is 349 g/mol. The third-order valence-corrected chi connectivity index (χ3v) is 5.54. The van der Waals surface area contributed by atoms with Gasteiger partial charge < -0.3 is 10.0 Å². The van der Waals surface area contributed by atoms with Crippen LogP contribution in [0.15, 0.2) is 36.4 Å². The number of hydrogen-bond acceptors (Lipinski definition) is 3. The van der Waals surface area contributed by atoms with Crippen molar-refractivity contribution in [1.29, 1.82) is 0 Å². The molecular weight excluding hydrogens is 334 g/mol. The number of likely N-dealkylation sites (tertiary alicyclic amines) is 1. The third kappa shape index (κ3) is 3.26. The van der Waals surface area contributed by atoms with Crippen molar-refractivity contribution in [2.24, 2.45) is 11.8 Å². The normalized spacial score (nSPS) is 20.7. The molecule has 6 heteroatoms. The molecule has 3 rings (SSSR count). The molecule has 1 aliphatic rings. The molecule has 0 unspecified atom stereocenters. The molecule has 23 heavy (non-hydrogen) atoms. The fourth-order valence-electron chi connectivity index (χ4n) is 2.83. The lowest BCUT2D eigenvalue weighted by Gasteiger charge is -2.14. The highest BCUT2D eigenvalue weighted by molar-refractivity contribution is 7.17. The van der Waals surface area contributed by atoms with E-state index in [-0.39, 0.29) is 18.4 Å². The Labute approximate surface area is 143 Å². The summed E-state index contributed by atoms with van der Waals surface area (Å²) in [7, 11) is 0. The van der Waals surface area contributed by atoms with Crippen LogP contribution in [0.2, 0.25) is 5.02 Å². The predicted molar refractivity (Wildman–Crippen MR) is 91.0 cm³/mol. The Morgan fingerprint density at radius 3 is 2.48 bits per heavy atom. The first kappa shape index (κ1) is 16.0. The molecule has 0 aliphatic carbocycles. The summed E-state index contributed by atoms with van der Waals surface area (Å²) in [6, 6.07) is 11.2. The summed E-state index contributed by atoms with van der Waals surface area (Å²) in [4.78, 5) is 27.0. The molecule has 1 aliphatic heterocycles. The van der Waals surface area contributed by atoms with Crippen molar-refractivity contribution in [1.82, 2.24) is 4.90 Å². The van der Waals surface area contributed by atoms with E-state index in [4.69, 9.17) is 11.6 Å². The van der Waals surface area contributed by atoms with E-state index < -0.39 is 11.9 Å². The average molecular weight is 350 g/mol. The number of amides is 1. The van der Waals surface area contributed by atoms with Crippen LogP contribution < -0.4 is 0 Å². The number of carbonyl (C=O) groups excluding carboxylic acids is 1. The minimum absolute atomic E-state index is 0.0212. The molecule has 2 atom stereocenters. The first-order chi connectivity index (χ1) is 11.0. The van der Waals surface area contributed by atoms with E-state index in [1.54, 1.807) is 11.0 Å². The summed E-state index contributed by atoms with van der Waals surface area (Å²) in [6.45, 7) is 2.65. The van der Waals surface area contributed by atoms with Gasteiger partial charge in [-0.25, -0.2) is 0 Å². The second-order valence-electron chi connectivity index (χ2n) is 5.80. The summed E-state index contributed by atoms with van der Waals surface area (Å²) in [5.74, 6) is -1.42. The largest absolute Gasteiger partial charge is 0.481 e. The van der Waals surface area contributed by atoms with Crippen molar-refractivity contribution in [2.45, 2.75) is 6.92 Å². The van der Waals surface area contributed by atoms with Crippen LogP contribution in [-0.4, -0.2) is 35.0 Å². The second-order valence-corrected chi connectivity index (χ2v) is 7.32. The minimum atomic E-state index is -0.833. The fourth-order valence-corrected chi connectivity index (χ4v) is 3.94. The Hall–Kier alpha value is -1.85. The summed E-state index contributed by atoms with van der Waals surface area (Å²) in [5, 5.41) is 9.86. The van der Waals surface area contributed by atoms with E-state index in [9.17, 15) is 14.7 Å². The first-order valence-corrected chi connectivity index (χ1v) is 8.53.